The van der Waals surface area contributed by atoms with E-state index in [4.69, 9.17) is 0 Å². The molecule has 1 heterocycles. The van der Waals surface area contributed by atoms with E-state index < -0.39 is 0 Å². The van der Waals surface area contributed by atoms with Crippen LogP contribution in [0.5, 0.6) is 0 Å². The molecule has 1 unspecified atom stereocenters. The molecule has 1 rings (SSSR count). The molecule has 0 saturated heterocycles. The topological polar surface area (TPSA) is 41.6 Å². The summed E-state index contributed by atoms with van der Waals surface area (Å²) < 4.78 is 1.67. The molecule has 0 radical (unpaired) electrons. The predicted molar refractivity (Wildman–Crippen MR) is 74.9 cm³/mol. The van der Waals surface area contributed by atoms with Crippen molar-refractivity contribution in [3.63, 3.8) is 0 Å². The van der Waals surface area contributed by atoms with Gasteiger partial charge in [-0.1, -0.05) is 39.0 Å². The van der Waals surface area contributed by atoms with Gasteiger partial charge in [0.25, 0.3) is 0 Å². The minimum Gasteiger partial charge on any atom is -0.257 e. The van der Waals surface area contributed by atoms with Crippen LogP contribution < -0.4 is 0 Å². The van der Waals surface area contributed by atoms with Crippen LogP contribution in [0.4, 0.5) is 0 Å². The Hall–Kier alpha value is -1.82. The molecule has 0 saturated carbocycles. The van der Waals surface area contributed by atoms with Gasteiger partial charge in [0.05, 0.1) is 5.69 Å². The van der Waals surface area contributed by atoms with Crippen molar-refractivity contribution < 1.29 is 0 Å². The summed E-state index contributed by atoms with van der Waals surface area (Å²) in [6, 6.07) is 2.24. The van der Waals surface area contributed by atoms with Crippen LogP contribution in [0, 0.1) is 17.2 Å². The number of aryl methyl sites for hydroxylation is 1. The van der Waals surface area contributed by atoms with Gasteiger partial charge in [0.15, 0.2) is 0 Å². The molecular formula is C15H21N3. The van der Waals surface area contributed by atoms with E-state index in [1.807, 2.05) is 20.0 Å². The van der Waals surface area contributed by atoms with Gasteiger partial charge in [0, 0.05) is 12.6 Å². The van der Waals surface area contributed by atoms with Gasteiger partial charge >= 0.3 is 0 Å². The molecule has 1 aromatic rings. The highest BCUT2D eigenvalue weighted by Gasteiger charge is 2.18. The van der Waals surface area contributed by atoms with Crippen LogP contribution in [-0.4, -0.2) is 9.78 Å². The maximum Gasteiger partial charge on any atom is 0.146 e. The highest BCUT2D eigenvalue weighted by Crippen LogP contribution is 2.26. The van der Waals surface area contributed by atoms with E-state index >= 15 is 0 Å². The summed E-state index contributed by atoms with van der Waals surface area (Å²) >= 11 is 0. The lowest BCUT2D eigenvalue weighted by atomic mass is 9.96. The average molecular weight is 243 g/mol. The normalized spacial score (nSPS) is 13.2. The maximum atomic E-state index is 9.27. The monoisotopic (exact) mass is 243 g/mol. The summed E-state index contributed by atoms with van der Waals surface area (Å²) in [5.74, 6) is 0.563. The van der Waals surface area contributed by atoms with Crippen molar-refractivity contribution >= 4 is 5.57 Å². The number of hydrogen-bond donors (Lipinski definition) is 0. The van der Waals surface area contributed by atoms with Crippen molar-refractivity contribution in [3.8, 4) is 6.07 Å². The maximum absolute atomic E-state index is 9.27. The number of nitrogens with zero attached hydrogens (tertiary/aromatic N) is 3. The van der Waals surface area contributed by atoms with Crippen molar-refractivity contribution in [2.75, 3.05) is 0 Å². The van der Waals surface area contributed by atoms with Crippen LogP contribution in [0.15, 0.2) is 18.7 Å². The van der Waals surface area contributed by atoms with E-state index in [0.717, 1.165) is 29.7 Å². The van der Waals surface area contributed by atoms with Crippen LogP contribution in [0.1, 0.15) is 44.1 Å². The average Bonchev–Trinajstić information content (AvgIpc) is 2.67. The van der Waals surface area contributed by atoms with Gasteiger partial charge in [0.1, 0.15) is 11.8 Å². The Morgan fingerprint density at radius 1 is 1.61 bits per heavy atom. The highest BCUT2D eigenvalue weighted by atomic mass is 15.3. The first-order valence-corrected chi connectivity index (χ1v) is 6.34. The van der Waals surface area contributed by atoms with Crippen molar-refractivity contribution in [2.24, 2.45) is 13.0 Å². The van der Waals surface area contributed by atoms with Gasteiger partial charge in [0.2, 0.25) is 0 Å². The van der Waals surface area contributed by atoms with Gasteiger partial charge < -0.3 is 0 Å². The van der Waals surface area contributed by atoms with E-state index in [2.05, 4.69) is 31.6 Å². The molecule has 96 valence electrons. The Balaban J connectivity index is 3.35. The molecule has 0 N–H and O–H groups in total. The molecule has 0 aliphatic heterocycles. The fraction of sp³-hybridized carbons (Fsp3) is 0.467. The standard InChI is InChI=1S/C15H21N3/c1-6-11(4)9-13-15(12(7-2)8-3)14(10-16)18(5)17-13/h7-8,11H,2,6,9H2,1,3-5H3. The first-order chi connectivity index (χ1) is 8.58. The van der Waals surface area contributed by atoms with Crippen molar-refractivity contribution in [2.45, 2.75) is 33.6 Å². The molecule has 18 heavy (non-hydrogen) atoms. The van der Waals surface area contributed by atoms with Gasteiger partial charge in [-0.05, 0) is 24.8 Å². The zero-order chi connectivity index (χ0) is 13.7. The predicted octanol–water partition coefficient (Wildman–Crippen LogP) is 3.47. The van der Waals surface area contributed by atoms with E-state index in [1.54, 1.807) is 10.8 Å². The van der Waals surface area contributed by atoms with Gasteiger partial charge in [-0.25, -0.2) is 0 Å². The van der Waals surface area contributed by atoms with Crippen LogP contribution in [0.3, 0.4) is 0 Å². The number of nitriles is 1. The second kappa shape index (κ2) is 6.20. The van der Waals surface area contributed by atoms with Crippen LogP contribution >= 0.6 is 0 Å². The lowest BCUT2D eigenvalue weighted by molar-refractivity contribution is 0.546. The smallest absolute Gasteiger partial charge is 0.146 e. The van der Waals surface area contributed by atoms with Gasteiger partial charge in [-0.2, -0.15) is 10.4 Å². The molecule has 0 spiro atoms. The molecule has 0 amide bonds. The zero-order valence-corrected chi connectivity index (χ0v) is 11.7. The molecular weight excluding hydrogens is 222 g/mol. The molecule has 0 aliphatic carbocycles. The summed E-state index contributed by atoms with van der Waals surface area (Å²) in [6.45, 7) is 10.1. The number of aromatic nitrogens is 2. The molecule has 1 atom stereocenters. The Labute approximate surface area is 109 Å². The third kappa shape index (κ3) is 2.70. The Kier molecular flexibility index (Phi) is 4.91. The zero-order valence-electron chi connectivity index (χ0n) is 11.7. The fourth-order valence-electron chi connectivity index (χ4n) is 1.99. The van der Waals surface area contributed by atoms with E-state index in [-0.39, 0.29) is 0 Å². The van der Waals surface area contributed by atoms with E-state index in [1.165, 1.54) is 0 Å². The Bertz CT molecular complexity index is 501. The van der Waals surface area contributed by atoms with Crippen LogP contribution in [0.25, 0.3) is 5.57 Å². The minimum absolute atomic E-state index is 0.563. The van der Waals surface area contributed by atoms with Gasteiger partial charge in [-0.15, -0.1) is 0 Å². The third-order valence-corrected chi connectivity index (χ3v) is 3.28. The third-order valence-electron chi connectivity index (χ3n) is 3.28. The second-order valence-corrected chi connectivity index (χ2v) is 4.57. The molecule has 0 bridgehead atoms. The second-order valence-electron chi connectivity index (χ2n) is 4.57. The Morgan fingerprint density at radius 2 is 2.28 bits per heavy atom. The highest BCUT2D eigenvalue weighted by molar-refractivity contribution is 5.77. The number of rotatable bonds is 5. The first kappa shape index (κ1) is 14.2. The molecule has 0 aliphatic rings. The molecule has 3 heteroatoms. The van der Waals surface area contributed by atoms with E-state index in [0.29, 0.717) is 11.6 Å². The molecule has 0 aromatic carbocycles. The Morgan fingerprint density at radius 3 is 2.72 bits per heavy atom. The van der Waals surface area contributed by atoms with Gasteiger partial charge in [-0.3, -0.25) is 4.68 Å². The van der Waals surface area contributed by atoms with Crippen LogP contribution in [0.2, 0.25) is 0 Å². The van der Waals surface area contributed by atoms with Crippen molar-refractivity contribution in [1.82, 2.24) is 9.78 Å². The summed E-state index contributed by atoms with van der Waals surface area (Å²) in [5.41, 5.74) is 3.54. The molecule has 1 aromatic heterocycles. The lowest BCUT2D eigenvalue weighted by Crippen LogP contribution is -2.01. The summed E-state index contributed by atoms with van der Waals surface area (Å²) in [6.07, 6.45) is 5.77. The summed E-state index contributed by atoms with van der Waals surface area (Å²) in [5, 5.41) is 13.8. The van der Waals surface area contributed by atoms with Crippen molar-refractivity contribution in [1.29, 1.82) is 5.26 Å². The minimum atomic E-state index is 0.563. The summed E-state index contributed by atoms with van der Waals surface area (Å²) in [7, 11) is 1.82. The lowest BCUT2D eigenvalue weighted by Gasteiger charge is -2.08. The SMILES string of the molecule is C=CC(=CC)c1c(CC(C)CC)nn(C)c1C#N. The van der Waals surface area contributed by atoms with E-state index in [9.17, 15) is 5.26 Å². The number of hydrogen-bond acceptors (Lipinski definition) is 2. The number of allylic oxidation sites excluding steroid dienone is 3. The largest absolute Gasteiger partial charge is 0.257 e. The quantitative estimate of drug-likeness (QED) is 0.743. The van der Waals surface area contributed by atoms with Crippen LogP contribution in [-0.2, 0) is 13.5 Å². The fourth-order valence-corrected chi connectivity index (χ4v) is 1.99. The van der Waals surface area contributed by atoms with Crippen molar-refractivity contribution in [3.05, 3.63) is 35.7 Å². The molecule has 3 nitrogen and oxygen atoms in total. The first-order valence-electron chi connectivity index (χ1n) is 6.34. The summed E-state index contributed by atoms with van der Waals surface area (Å²) in [4.78, 5) is 0. The molecule has 0 fully saturated rings.